The number of aliphatic imine (C=N–C) groups is 1. The highest BCUT2D eigenvalue weighted by molar-refractivity contribution is 7.85. The average molecular weight is 425 g/mol. The second-order valence-corrected chi connectivity index (χ2v) is 9.40. The van der Waals surface area contributed by atoms with Crippen LogP contribution in [-0.2, 0) is 15.5 Å². The van der Waals surface area contributed by atoms with E-state index in [4.69, 9.17) is 4.74 Å². The van der Waals surface area contributed by atoms with Gasteiger partial charge in [-0.05, 0) is 45.7 Å². The Kier molecular flexibility index (Phi) is 10.2. The normalized spacial score (nSPS) is 13.5. The van der Waals surface area contributed by atoms with Crippen LogP contribution in [0.2, 0.25) is 0 Å². The number of guanidine groups is 1. The van der Waals surface area contributed by atoms with Gasteiger partial charge in [0.15, 0.2) is 5.96 Å². The summed E-state index contributed by atoms with van der Waals surface area (Å²) in [5, 5.41) is 9.45. The fourth-order valence-electron chi connectivity index (χ4n) is 2.67. The van der Waals surface area contributed by atoms with Gasteiger partial charge in [-0.15, -0.1) is 0 Å². The van der Waals surface area contributed by atoms with Crippen LogP contribution >= 0.6 is 0 Å². The molecule has 0 radical (unpaired) electrons. The second-order valence-electron chi connectivity index (χ2n) is 7.83. The van der Waals surface area contributed by atoms with Crippen LogP contribution < -0.4 is 16.0 Å². The SMILES string of the molecule is CCC(CC)(CNC(=NC)NCCS(=O)c1ccccc1)NC(=O)OC(C)(C)C. The first-order chi connectivity index (χ1) is 13.6. The molecule has 0 aromatic heterocycles. The number of alkyl carbamates (subject to hydrolysis) is 1. The molecule has 0 aliphatic heterocycles. The maximum absolute atomic E-state index is 12.3. The van der Waals surface area contributed by atoms with Crippen molar-refractivity contribution in [1.29, 1.82) is 0 Å². The van der Waals surface area contributed by atoms with Gasteiger partial charge in [-0.1, -0.05) is 32.0 Å². The highest BCUT2D eigenvalue weighted by atomic mass is 32.2. The lowest BCUT2D eigenvalue weighted by molar-refractivity contribution is 0.0448. The maximum atomic E-state index is 12.3. The first-order valence-electron chi connectivity index (χ1n) is 10.0. The molecule has 8 heteroatoms. The molecule has 0 fully saturated rings. The van der Waals surface area contributed by atoms with Gasteiger partial charge >= 0.3 is 6.09 Å². The van der Waals surface area contributed by atoms with E-state index in [-0.39, 0.29) is 0 Å². The molecule has 0 saturated heterocycles. The number of amides is 1. The molecule has 1 rings (SSSR count). The van der Waals surface area contributed by atoms with Crippen LogP contribution in [0.5, 0.6) is 0 Å². The molecule has 0 bridgehead atoms. The number of carbonyl (C=O) groups excluding carboxylic acids is 1. The Hall–Kier alpha value is -2.09. The molecule has 1 aromatic rings. The largest absolute Gasteiger partial charge is 0.444 e. The van der Waals surface area contributed by atoms with Crippen LogP contribution in [-0.4, -0.2) is 53.3 Å². The van der Waals surface area contributed by atoms with E-state index in [2.05, 4.69) is 20.9 Å². The Morgan fingerprint density at radius 2 is 1.72 bits per heavy atom. The molecular weight excluding hydrogens is 388 g/mol. The summed E-state index contributed by atoms with van der Waals surface area (Å²) in [5.41, 5.74) is -0.996. The van der Waals surface area contributed by atoms with E-state index >= 15 is 0 Å². The monoisotopic (exact) mass is 424 g/mol. The Morgan fingerprint density at radius 1 is 1.10 bits per heavy atom. The Balaban J connectivity index is 2.56. The van der Waals surface area contributed by atoms with E-state index in [1.54, 1.807) is 7.05 Å². The maximum Gasteiger partial charge on any atom is 0.408 e. The van der Waals surface area contributed by atoms with Gasteiger partial charge in [-0.2, -0.15) is 0 Å². The standard InChI is InChI=1S/C21H36N4O3S/c1-7-21(8-2,25-19(26)28-20(3,4)5)16-24-18(22-6)23-14-15-29(27)17-12-10-9-11-13-17/h9-13H,7-8,14-16H2,1-6H3,(H,25,26)(H2,22,23,24). The van der Waals surface area contributed by atoms with E-state index in [0.717, 1.165) is 17.7 Å². The topological polar surface area (TPSA) is 91.8 Å². The van der Waals surface area contributed by atoms with E-state index in [0.29, 0.717) is 24.8 Å². The molecule has 1 amide bonds. The Labute approximate surface area is 177 Å². The van der Waals surface area contributed by atoms with E-state index in [1.807, 2.05) is 65.0 Å². The number of nitrogens with zero attached hydrogens (tertiary/aromatic N) is 1. The van der Waals surface area contributed by atoms with E-state index < -0.39 is 28.0 Å². The smallest absolute Gasteiger partial charge is 0.408 e. The predicted molar refractivity (Wildman–Crippen MR) is 120 cm³/mol. The van der Waals surface area contributed by atoms with Crippen LogP contribution in [0.4, 0.5) is 4.79 Å². The van der Waals surface area contributed by atoms with Crippen molar-refractivity contribution >= 4 is 22.9 Å². The van der Waals surface area contributed by atoms with Gasteiger partial charge in [0.2, 0.25) is 0 Å². The molecular formula is C21H36N4O3S. The minimum absolute atomic E-state index is 0.427. The number of nitrogens with one attached hydrogen (secondary N) is 3. The van der Waals surface area contributed by atoms with Crippen molar-refractivity contribution in [2.45, 2.75) is 63.5 Å². The summed E-state index contributed by atoms with van der Waals surface area (Å²) in [6.07, 6.45) is 1.06. The molecule has 1 atom stereocenters. The van der Waals surface area contributed by atoms with Crippen molar-refractivity contribution in [3.63, 3.8) is 0 Å². The van der Waals surface area contributed by atoms with Gasteiger partial charge in [-0.3, -0.25) is 9.20 Å². The Bertz CT molecular complexity index is 683. The number of carbonyl (C=O) groups is 1. The van der Waals surface area contributed by atoms with Crippen molar-refractivity contribution in [2.24, 2.45) is 4.99 Å². The van der Waals surface area contributed by atoms with Crippen LogP contribution in [0.15, 0.2) is 40.2 Å². The number of rotatable bonds is 9. The highest BCUT2D eigenvalue weighted by Crippen LogP contribution is 2.16. The molecule has 1 aromatic carbocycles. The fourth-order valence-corrected chi connectivity index (χ4v) is 3.65. The molecule has 1 unspecified atom stereocenters. The van der Waals surface area contributed by atoms with E-state index in [1.165, 1.54) is 0 Å². The zero-order valence-electron chi connectivity index (χ0n) is 18.5. The molecule has 0 spiro atoms. The molecule has 29 heavy (non-hydrogen) atoms. The molecule has 0 aliphatic rings. The lowest BCUT2D eigenvalue weighted by Gasteiger charge is -2.34. The zero-order chi connectivity index (χ0) is 21.9. The van der Waals surface area contributed by atoms with Crippen LogP contribution in [0.3, 0.4) is 0 Å². The summed E-state index contributed by atoms with van der Waals surface area (Å²) in [6.45, 7) is 10.6. The van der Waals surface area contributed by atoms with Crippen molar-refractivity contribution < 1.29 is 13.7 Å². The summed E-state index contributed by atoms with van der Waals surface area (Å²) < 4.78 is 17.7. The minimum Gasteiger partial charge on any atom is -0.444 e. The predicted octanol–water partition coefficient (Wildman–Crippen LogP) is 3.04. The zero-order valence-corrected chi connectivity index (χ0v) is 19.3. The van der Waals surface area contributed by atoms with E-state index in [9.17, 15) is 9.00 Å². The lowest BCUT2D eigenvalue weighted by atomic mass is 9.93. The van der Waals surface area contributed by atoms with Gasteiger partial charge in [0.1, 0.15) is 5.60 Å². The van der Waals surface area contributed by atoms with Crippen LogP contribution in [0, 0.1) is 0 Å². The number of ether oxygens (including phenoxy) is 1. The van der Waals surface area contributed by atoms with Crippen molar-refractivity contribution in [2.75, 3.05) is 25.9 Å². The average Bonchev–Trinajstić information content (AvgIpc) is 2.68. The summed E-state index contributed by atoms with van der Waals surface area (Å²) in [6, 6.07) is 9.40. The molecule has 0 aliphatic carbocycles. The summed E-state index contributed by atoms with van der Waals surface area (Å²) >= 11 is 0. The lowest BCUT2D eigenvalue weighted by Crippen LogP contribution is -2.57. The third-order valence-electron chi connectivity index (χ3n) is 4.52. The van der Waals surface area contributed by atoms with Gasteiger partial charge in [0.05, 0.1) is 16.3 Å². The quantitative estimate of drug-likeness (QED) is 0.419. The second kappa shape index (κ2) is 11.8. The third kappa shape index (κ3) is 9.30. The van der Waals surface area contributed by atoms with Crippen molar-refractivity contribution in [3.8, 4) is 0 Å². The third-order valence-corrected chi connectivity index (χ3v) is 5.90. The fraction of sp³-hybridized carbons (Fsp3) is 0.619. The van der Waals surface area contributed by atoms with Crippen molar-refractivity contribution in [3.05, 3.63) is 30.3 Å². The van der Waals surface area contributed by atoms with Crippen LogP contribution in [0.25, 0.3) is 0 Å². The first-order valence-corrected chi connectivity index (χ1v) is 11.4. The summed E-state index contributed by atoms with van der Waals surface area (Å²) in [4.78, 5) is 17.3. The number of hydrogen-bond donors (Lipinski definition) is 3. The van der Waals surface area contributed by atoms with Gasteiger partial charge in [0.25, 0.3) is 0 Å². The molecule has 164 valence electrons. The molecule has 0 saturated carbocycles. The number of hydrogen-bond acceptors (Lipinski definition) is 4. The minimum atomic E-state index is -1.06. The molecule has 7 nitrogen and oxygen atoms in total. The van der Waals surface area contributed by atoms with Gasteiger partial charge in [0, 0.05) is 30.8 Å². The highest BCUT2D eigenvalue weighted by Gasteiger charge is 2.30. The molecule has 0 heterocycles. The Morgan fingerprint density at radius 3 is 2.24 bits per heavy atom. The summed E-state index contributed by atoms with van der Waals surface area (Å²) in [7, 11) is 0.622. The van der Waals surface area contributed by atoms with Gasteiger partial charge in [-0.25, -0.2) is 4.79 Å². The van der Waals surface area contributed by atoms with Crippen LogP contribution in [0.1, 0.15) is 47.5 Å². The number of benzene rings is 1. The van der Waals surface area contributed by atoms with Gasteiger partial charge < -0.3 is 20.7 Å². The first kappa shape index (κ1) is 24.9. The molecule has 3 N–H and O–H groups in total. The summed E-state index contributed by atoms with van der Waals surface area (Å²) in [5.74, 6) is 1.08. The van der Waals surface area contributed by atoms with Crippen molar-refractivity contribution in [1.82, 2.24) is 16.0 Å².